The Hall–Kier alpha value is -1.49. The maximum absolute atomic E-state index is 10.9. The molecule has 1 fully saturated rings. The number of anilines is 1. The van der Waals surface area contributed by atoms with E-state index in [1.54, 1.807) is 0 Å². The molecule has 1 saturated heterocycles. The van der Waals surface area contributed by atoms with E-state index in [1.807, 2.05) is 12.1 Å². The minimum Gasteiger partial charge on any atom is -0.393 e. The van der Waals surface area contributed by atoms with Crippen molar-refractivity contribution in [2.75, 3.05) is 18.0 Å². The molecule has 1 amide bonds. The summed E-state index contributed by atoms with van der Waals surface area (Å²) >= 11 is 0. The first-order valence-corrected chi connectivity index (χ1v) is 6.41. The number of carbonyl (C=O) groups is 1. The van der Waals surface area contributed by atoms with Gasteiger partial charge < -0.3 is 15.3 Å². The third kappa shape index (κ3) is 3.50. The average molecular weight is 246 g/mol. The van der Waals surface area contributed by atoms with Crippen LogP contribution < -0.4 is 10.2 Å². The van der Waals surface area contributed by atoms with Gasteiger partial charge in [-0.15, -0.1) is 0 Å². The predicted molar refractivity (Wildman–Crippen MR) is 74.7 cm³/mol. The maximum atomic E-state index is 10.9. The van der Waals surface area contributed by atoms with Crippen LogP contribution in [-0.2, 0) is 6.54 Å². The van der Waals surface area contributed by atoms with E-state index in [2.05, 4.69) is 22.3 Å². The van der Waals surface area contributed by atoms with E-state index in [-0.39, 0.29) is 11.9 Å². The lowest BCUT2D eigenvalue weighted by Gasteiger charge is -2.31. The number of hydrogen-bond donors (Lipinski definition) is 2. The van der Waals surface area contributed by atoms with Crippen molar-refractivity contribution < 1.29 is 9.90 Å². The number of benzene rings is 1. The molecule has 1 aromatic rings. The molecule has 0 unspecified atom stereocenters. The maximum Gasteiger partial charge on any atom is 0.215 e. The zero-order chi connectivity index (χ0) is 13.0. The number of nitrogens with one attached hydrogen (secondary N) is 1. The van der Waals surface area contributed by atoms with Gasteiger partial charge in [-0.3, -0.25) is 4.79 Å². The fourth-order valence-electron chi connectivity index (χ4n) is 2.21. The van der Waals surface area contributed by atoms with Crippen LogP contribution in [0.3, 0.4) is 0 Å². The van der Waals surface area contributed by atoms with Crippen LogP contribution in [-0.4, -0.2) is 38.0 Å². The number of nitrogens with zero attached hydrogens (tertiary/aromatic N) is 1. The second kappa shape index (κ2) is 5.91. The van der Waals surface area contributed by atoms with E-state index in [4.69, 9.17) is 0 Å². The number of carbonyl (C=O) groups excluding carboxylic acids is 1. The summed E-state index contributed by atoms with van der Waals surface area (Å²) in [5.41, 5.74) is 2.28. The number of hydrogen-bond acceptors (Lipinski definition) is 3. The van der Waals surface area contributed by atoms with E-state index >= 15 is 0 Å². The summed E-state index contributed by atoms with van der Waals surface area (Å²) in [7, 11) is 1.52. The van der Waals surface area contributed by atoms with E-state index in [9.17, 15) is 9.90 Å². The van der Waals surface area contributed by atoms with Crippen molar-refractivity contribution in [1.29, 1.82) is 0 Å². The summed E-state index contributed by atoms with van der Waals surface area (Å²) in [5, 5.41) is 12.3. The zero-order valence-electron chi connectivity index (χ0n) is 10.7. The molecule has 0 atom stereocenters. The van der Waals surface area contributed by atoms with Gasteiger partial charge in [0, 0.05) is 25.3 Å². The first-order chi connectivity index (χ1) is 8.65. The number of aliphatic hydroxyl groups is 1. The molecule has 1 aliphatic rings. The van der Waals surface area contributed by atoms with E-state index in [0.717, 1.165) is 31.5 Å². The van der Waals surface area contributed by atoms with Crippen molar-refractivity contribution in [2.45, 2.75) is 25.5 Å². The minimum absolute atomic E-state index is 0.0125. The van der Waals surface area contributed by atoms with Gasteiger partial charge in [-0.25, -0.2) is 0 Å². The van der Waals surface area contributed by atoms with Crippen molar-refractivity contribution in [3.63, 3.8) is 0 Å². The normalized spacial score (nSPS) is 16.6. The molecule has 2 N–H and O–H groups in total. The van der Waals surface area contributed by atoms with Crippen LogP contribution in [0.1, 0.15) is 18.4 Å². The van der Waals surface area contributed by atoms with Gasteiger partial charge in [-0.05, 0) is 30.5 Å². The molecule has 2 rings (SSSR count). The van der Waals surface area contributed by atoms with Gasteiger partial charge in [-0.1, -0.05) is 12.1 Å². The van der Waals surface area contributed by atoms with Crippen molar-refractivity contribution in [3.8, 4) is 0 Å². The zero-order valence-corrected chi connectivity index (χ0v) is 10.7. The topological polar surface area (TPSA) is 52.6 Å². The first-order valence-electron chi connectivity index (χ1n) is 6.41. The molecule has 0 radical (unpaired) electrons. The van der Waals surface area contributed by atoms with Gasteiger partial charge in [0.1, 0.15) is 0 Å². The molecule has 1 aromatic carbocycles. The Balaban J connectivity index is 2.00. The Bertz CT molecular complexity index is 417. The average Bonchev–Trinajstić information content (AvgIpc) is 2.37. The quantitative estimate of drug-likeness (QED) is 0.763. The summed E-state index contributed by atoms with van der Waals surface area (Å²) in [6.07, 6.45) is 1.51. The van der Waals surface area contributed by atoms with Gasteiger partial charge >= 0.3 is 0 Å². The van der Waals surface area contributed by atoms with Gasteiger partial charge in [0.2, 0.25) is 7.85 Å². The van der Waals surface area contributed by atoms with Crippen molar-refractivity contribution >= 4 is 19.3 Å². The van der Waals surface area contributed by atoms with Crippen LogP contribution in [0.2, 0.25) is 0 Å². The minimum atomic E-state index is -0.149. The monoisotopic (exact) mass is 246 g/mol. The molecule has 1 heterocycles. The molecule has 4 nitrogen and oxygen atoms in total. The molecule has 1 aliphatic heterocycles. The molecule has 0 aromatic heterocycles. The second-order valence-electron chi connectivity index (χ2n) is 4.80. The second-order valence-corrected chi connectivity index (χ2v) is 4.80. The van der Waals surface area contributed by atoms with E-state index in [1.165, 1.54) is 13.5 Å². The Labute approximate surface area is 108 Å². The molecule has 0 saturated carbocycles. The Kier molecular flexibility index (Phi) is 4.26. The summed E-state index contributed by atoms with van der Waals surface area (Å²) in [6, 6.07) is 8.21. The number of aliphatic hydroxyl groups excluding tert-OH is 1. The molecule has 0 spiro atoms. The third-order valence-electron chi connectivity index (χ3n) is 3.28. The molecule has 0 aliphatic carbocycles. The van der Waals surface area contributed by atoms with Gasteiger partial charge in [0.05, 0.1) is 6.10 Å². The largest absolute Gasteiger partial charge is 0.393 e. The van der Waals surface area contributed by atoms with Crippen LogP contribution in [0, 0.1) is 0 Å². The van der Waals surface area contributed by atoms with Crippen LogP contribution in [0.5, 0.6) is 0 Å². The van der Waals surface area contributed by atoms with Gasteiger partial charge in [-0.2, -0.15) is 0 Å². The number of amides is 1. The molecule has 96 valence electrons. The van der Waals surface area contributed by atoms with Crippen molar-refractivity contribution in [1.82, 2.24) is 5.32 Å². The van der Waals surface area contributed by atoms with Crippen LogP contribution in [0.25, 0.3) is 0 Å². The standard InChI is InChI=1S/C13H19BN2O2/c14-13(18)15-9-10-2-1-3-11(8-10)16-6-4-12(17)5-7-16/h1-3,8,12,17H,4-7,9,14H2,(H,15,18). The van der Waals surface area contributed by atoms with Gasteiger partial charge in [0.25, 0.3) is 0 Å². The van der Waals surface area contributed by atoms with E-state index < -0.39 is 0 Å². The Morgan fingerprint density at radius 2 is 2.17 bits per heavy atom. The van der Waals surface area contributed by atoms with Crippen LogP contribution >= 0.6 is 0 Å². The molecular formula is C13H19BN2O2. The van der Waals surface area contributed by atoms with Crippen LogP contribution in [0.15, 0.2) is 24.3 Å². The van der Waals surface area contributed by atoms with Crippen LogP contribution in [0.4, 0.5) is 10.5 Å². The lowest BCUT2D eigenvalue weighted by molar-refractivity contribution is 0.145. The summed E-state index contributed by atoms with van der Waals surface area (Å²) in [6.45, 7) is 2.36. The lowest BCUT2D eigenvalue weighted by atomic mass is 10.1. The van der Waals surface area contributed by atoms with Crippen molar-refractivity contribution in [2.24, 2.45) is 0 Å². The summed E-state index contributed by atoms with van der Waals surface area (Å²) in [4.78, 5) is 13.2. The van der Waals surface area contributed by atoms with Crippen molar-refractivity contribution in [3.05, 3.63) is 29.8 Å². The SMILES string of the molecule is BC(=O)NCc1cccc(N2CCC(O)CC2)c1. The third-order valence-corrected chi connectivity index (χ3v) is 3.28. The molecule has 5 heteroatoms. The highest BCUT2D eigenvalue weighted by molar-refractivity contribution is 6.57. The number of rotatable bonds is 3. The Morgan fingerprint density at radius 3 is 2.83 bits per heavy atom. The Morgan fingerprint density at radius 1 is 1.44 bits per heavy atom. The lowest BCUT2D eigenvalue weighted by Crippen LogP contribution is -2.35. The summed E-state index contributed by atoms with van der Waals surface area (Å²) < 4.78 is 0. The highest BCUT2D eigenvalue weighted by Crippen LogP contribution is 2.21. The van der Waals surface area contributed by atoms with Gasteiger partial charge in [0.15, 0.2) is 5.81 Å². The molecule has 0 bridgehead atoms. The molecule has 18 heavy (non-hydrogen) atoms. The first kappa shape index (κ1) is 13.0. The highest BCUT2D eigenvalue weighted by atomic mass is 16.3. The molecular weight excluding hydrogens is 227 g/mol. The number of piperidine rings is 1. The summed E-state index contributed by atoms with van der Waals surface area (Å²) in [5.74, 6) is -0.0125. The fourth-order valence-corrected chi connectivity index (χ4v) is 2.21. The predicted octanol–water partition coefficient (Wildman–Crippen LogP) is 0.490. The fraction of sp³-hybridized carbons (Fsp3) is 0.462. The van der Waals surface area contributed by atoms with E-state index in [0.29, 0.717) is 6.54 Å². The highest BCUT2D eigenvalue weighted by Gasteiger charge is 2.17. The smallest absolute Gasteiger partial charge is 0.215 e.